The number of hydrogen-bond donors (Lipinski definition) is 0. The summed E-state index contributed by atoms with van der Waals surface area (Å²) in [5, 5.41) is 6.81. The number of ether oxygens (including phenoxy) is 1. The fourth-order valence-electron chi connectivity index (χ4n) is 2.53. The fourth-order valence-corrected chi connectivity index (χ4v) is 3.46. The molecular formula is C14H12N4O2S. The molecular weight excluding hydrogens is 288 g/mol. The summed E-state index contributed by atoms with van der Waals surface area (Å²) in [4.78, 5) is 19.3. The Morgan fingerprint density at radius 1 is 1.62 bits per heavy atom. The number of aromatic nitrogens is 1. The molecule has 2 unspecified atom stereocenters. The van der Waals surface area contributed by atoms with E-state index in [4.69, 9.17) is 10.3 Å². The van der Waals surface area contributed by atoms with Gasteiger partial charge >= 0.3 is 5.97 Å². The van der Waals surface area contributed by atoms with E-state index in [0.717, 1.165) is 21.4 Å². The largest absolute Gasteiger partial charge is 0.461 e. The van der Waals surface area contributed by atoms with Crippen LogP contribution in [0.15, 0.2) is 34.9 Å². The number of fused-ring (bicyclic) bond motifs is 1. The number of nitrogens with zero attached hydrogens (tertiary/aromatic N) is 4. The topological polar surface area (TPSA) is 88.0 Å². The highest BCUT2D eigenvalue weighted by atomic mass is 32.1. The molecule has 2 aromatic rings. The highest BCUT2D eigenvalue weighted by Gasteiger charge is 2.30. The van der Waals surface area contributed by atoms with Gasteiger partial charge in [-0.3, -0.25) is 4.79 Å². The summed E-state index contributed by atoms with van der Waals surface area (Å²) in [5.74, 6) is -0.371. The average Bonchev–Trinajstić information content (AvgIpc) is 3.03. The number of hydrogen-bond acceptors (Lipinski definition) is 5. The van der Waals surface area contributed by atoms with Gasteiger partial charge in [0.15, 0.2) is 0 Å². The first-order valence-corrected chi connectivity index (χ1v) is 7.31. The van der Waals surface area contributed by atoms with Gasteiger partial charge in [0.05, 0.1) is 6.04 Å². The van der Waals surface area contributed by atoms with Crippen LogP contribution in [0.1, 0.15) is 18.9 Å². The Labute approximate surface area is 124 Å². The van der Waals surface area contributed by atoms with Gasteiger partial charge < -0.3 is 4.74 Å². The first-order chi connectivity index (χ1) is 10.2. The number of thiophene rings is 1. The third kappa shape index (κ3) is 2.61. The molecule has 1 aliphatic rings. The van der Waals surface area contributed by atoms with E-state index in [2.05, 4.69) is 15.0 Å². The van der Waals surface area contributed by atoms with Crippen molar-refractivity contribution in [2.45, 2.75) is 25.5 Å². The van der Waals surface area contributed by atoms with Gasteiger partial charge in [-0.25, -0.2) is 4.98 Å². The second-order valence-electron chi connectivity index (χ2n) is 4.74. The number of pyridine rings is 1. The molecule has 21 heavy (non-hydrogen) atoms. The number of carbonyl (C=O) groups is 1. The minimum atomic E-state index is -0.458. The van der Waals surface area contributed by atoms with Gasteiger partial charge in [-0.1, -0.05) is 11.2 Å². The molecule has 2 atom stereocenters. The van der Waals surface area contributed by atoms with Gasteiger partial charge in [-0.2, -0.15) is 0 Å². The van der Waals surface area contributed by atoms with Crippen molar-refractivity contribution in [3.05, 3.63) is 45.8 Å². The van der Waals surface area contributed by atoms with Crippen LogP contribution in [0, 0.1) is 0 Å². The van der Waals surface area contributed by atoms with Crippen LogP contribution in [0.2, 0.25) is 0 Å². The Bertz CT molecular complexity index is 776. The summed E-state index contributed by atoms with van der Waals surface area (Å²) in [7, 11) is 0. The monoisotopic (exact) mass is 300 g/mol. The van der Waals surface area contributed by atoms with Gasteiger partial charge in [-0.05, 0) is 28.8 Å². The van der Waals surface area contributed by atoms with Gasteiger partial charge in [0.1, 0.15) is 10.9 Å². The van der Waals surface area contributed by atoms with Crippen LogP contribution in [0.3, 0.4) is 0 Å². The average molecular weight is 300 g/mol. The molecule has 0 aromatic carbocycles. The second kappa shape index (κ2) is 5.55. The van der Waals surface area contributed by atoms with Gasteiger partial charge in [0.25, 0.3) is 0 Å². The van der Waals surface area contributed by atoms with Crippen molar-refractivity contribution in [2.75, 3.05) is 0 Å². The molecule has 7 heteroatoms. The molecule has 0 bridgehead atoms. The lowest BCUT2D eigenvalue weighted by molar-refractivity contribution is -0.146. The van der Waals surface area contributed by atoms with E-state index in [1.54, 1.807) is 17.5 Å². The number of esters is 1. The van der Waals surface area contributed by atoms with Gasteiger partial charge in [0, 0.05) is 35.2 Å². The lowest BCUT2D eigenvalue weighted by Gasteiger charge is -2.14. The van der Waals surface area contributed by atoms with Crippen molar-refractivity contribution in [3.8, 4) is 0 Å². The summed E-state index contributed by atoms with van der Waals surface area (Å²) in [6.07, 6.45) is 3.75. The minimum absolute atomic E-state index is 0.371. The van der Waals surface area contributed by atoms with E-state index in [0.29, 0.717) is 6.42 Å². The Hall–Kier alpha value is -2.37. The molecule has 2 aromatic heterocycles. The standard InChI is InChI=1S/C14H12N4O2S/c1-8(19)20-13-6-9(5-12(13)17-18-15)11-7-21-14-10(11)3-2-4-16-14/h2-5,7,12-13H,6H2,1H3. The zero-order valence-corrected chi connectivity index (χ0v) is 12.1. The third-order valence-electron chi connectivity index (χ3n) is 3.37. The molecule has 1 aliphatic carbocycles. The maximum absolute atomic E-state index is 11.2. The van der Waals surface area contributed by atoms with Crippen LogP contribution >= 0.6 is 11.3 Å². The highest BCUT2D eigenvalue weighted by Crippen LogP contribution is 2.37. The normalized spacial score (nSPS) is 20.9. The number of azide groups is 1. The molecule has 0 N–H and O–H groups in total. The van der Waals surface area contributed by atoms with E-state index in [9.17, 15) is 4.79 Å². The van der Waals surface area contributed by atoms with Crippen molar-refractivity contribution in [2.24, 2.45) is 5.11 Å². The molecule has 0 aliphatic heterocycles. The lowest BCUT2D eigenvalue weighted by atomic mass is 10.1. The first kappa shape index (κ1) is 13.6. The molecule has 0 fully saturated rings. The Kier molecular flexibility index (Phi) is 3.60. The summed E-state index contributed by atoms with van der Waals surface area (Å²) < 4.78 is 5.25. The maximum Gasteiger partial charge on any atom is 0.302 e. The predicted molar refractivity (Wildman–Crippen MR) is 80.7 cm³/mol. The van der Waals surface area contributed by atoms with E-state index >= 15 is 0 Å². The van der Waals surface area contributed by atoms with Crippen LogP contribution in [0.5, 0.6) is 0 Å². The quantitative estimate of drug-likeness (QED) is 0.375. The highest BCUT2D eigenvalue weighted by molar-refractivity contribution is 7.17. The molecule has 0 saturated carbocycles. The minimum Gasteiger partial charge on any atom is -0.461 e. The Morgan fingerprint density at radius 3 is 3.24 bits per heavy atom. The summed E-state index contributed by atoms with van der Waals surface area (Å²) >= 11 is 1.57. The summed E-state index contributed by atoms with van der Waals surface area (Å²) in [6.45, 7) is 1.36. The maximum atomic E-state index is 11.2. The smallest absolute Gasteiger partial charge is 0.302 e. The van der Waals surface area contributed by atoms with E-state index in [1.807, 2.05) is 23.6 Å². The van der Waals surface area contributed by atoms with E-state index in [1.165, 1.54) is 6.92 Å². The van der Waals surface area contributed by atoms with Crippen molar-refractivity contribution >= 4 is 33.1 Å². The lowest BCUT2D eigenvalue weighted by Crippen LogP contribution is -2.23. The molecule has 0 radical (unpaired) electrons. The summed E-state index contributed by atoms with van der Waals surface area (Å²) in [5.41, 5.74) is 10.7. The molecule has 0 saturated heterocycles. The van der Waals surface area contributed by atoms with Crippen LogP contribution in [0.25, 0.3) is 26.2 Å². The Morgan fingerprint density at radius 2 is 2.48 bits per heavy atom. The second-order valence-corrected chi connectivity index (χ2v) is 5.60. The van der Waals surface area contributed by atoms with E-state index in [-0.39, 0.29) is 5.97 Å². The van der Waals surface area contributed by atoms with Crippen LogP contribution in [0.4, 0.5) is 0 Å². The van der Waals surface area contributed by atoms with Crippen LogP contribution in [-0.4, -0.2) is 23.1 Å². The van der Waals surface area contributed by atoms with Crippen LogP contribution in [-0.2, 0) is 9.53 Å². The molecule has 106 valence electrons. The number of rotatable bonds is 3. The van der Waals surface area contributed by atoms with Crippen LogP contribution < -0.4 is 0 Å². The van der Waals surface area contributed by atoms with Crippen molar-refractivity contribution in [3.63, 3.8) is 0 Å². The zero-order valence-electron chi connectivity index (χ0n) is 11.3. The molecule has 0 spiro atoms. The fraction of sp³-hybridized carbons (Fsp3) is 0.286. The van der Waals surface area contributed by atoms with Crippen molar-refractivity contribution in [1.29, 1.82) is 0 Å². The first-order valence-electron chi connectivity index (χ1n) is 6.43. The van der Waals surface area contributed by atoms with E-state index < -0.39 is 12.1 Å². The number of carbonyl (C=O) groups excluding carboxylic acids is 1. The zero-order chi connectivity index (χ0) is 14.8. The van der Waals surface area contributed by atoms with Gasteiger partial charge in [0.2, 0.25) is 0 Å². The van der Waals surface area contributed by atoms with Crippen molar-refractivity contribution < 1.29 is 9.53 Å². The predicted octanol–water partition coefficient (Wildman–Crippen LogP) is 3.69. The molecule has 2 heterocycles. The van der Waals surface area contributed by atoms with Gasteiger partial charge in [-0.15, -0.1) is 11.3 Å². The van der Waals surface area contributed by atoms with Crippen molar-refractivity contribution in [1.82, 2.24) is 4.98 Å². The Balaban J connectivity index is 1.97. The molecule has 3 rings (SSSR count). The SMILES string of the molecule is CC(=O)OC1CC(c2csc3ncccc23)=CC1N=[N+]=[N-]. The summed E-state index contributed by atoms with van der Waals surface area (Å²) in [6, 6.07) is 3.44. The molecule has 0 amide bonds. The third-order valence-corrected chi connectivity index (χ3v) is 4.27. The molecule has 6 nitrogen and oxygen atoms in total.